The van der Waals surface area contributed by atoms with E-state index in [9.17, 15) is 9.59 Å². The summed E-state index contributed by atoms with van der Waals surface area (Å²) < 4.78 is 0. The van der Waals surface area contributed by atoms with Crippen molar-refractivity contribution in [3.63, 3.8) is 0 Å². The predicted octanol–water partition coefficient (Wildman–Crippen LogP) is 2.02. The molecule has 0 aromatic rings. The van der Waals surface area contributed by atoms with Crippen molar-refractivity contribution < 1.29 is 14.7 Å². The van der Waals surface area contributed by atoms with Crippen LogP contribution in [-0.4, -0.2) is 53.1 Å². The second kappa shape index (κ2) is 8.30. The zero-order valence-electron chi connectivity index (χ0n) is 11.7. The van der Waals surface area contributed by atoms with Crippen LogP contribution in [0.1, 0.15) is 32.6 Å². The number of urea groups is 1. The number of nitrogens with zero attached hydrogens (tertiary/aromatic N) is 1. The number of hydrogen-bond acceptors (Lipinski definition) is 3. The highest BCUT2D eigenvalue weighted by Crippen LogP contribution is 2.27. The van der Waals surface area contributed by atoms with E-state index in [-0.39, 0.29) is 6.03 Å². The van der Waals surface area contributed by atoms with E-state index in [1.54, 1.807) is 16.7 Å². The summed E-state index contributed by atoms with van der Waals surface area (Å²) in [5.41, 5.74) is 0. The molecule has 0 unspecified atom stereocenters. The number of nitrogens with one attached hydrogen (secondary N) is 1. The molecule has 0 saturated heterocycles. The van der Waals surface area contributed by atoms with Gasteiger partial charge in [0.25, 0.3) is 0 Å². The fourth-order valence-electron chi connectivity index (χ4n) is 2.08. The molecule has 1 rings (SSSR count). The fourth-order valence-corrected chi connectivity index (χ4v) is 2.55. The highest BCUT2D eigenvalue weighted by atomic mass is 32.2. The van der Waals surface area contributed by atoms with Crippen LogP contribution >= 0.6 is 11.8 Å². The Morgan fingerprint density at radius 3 is 2.58 bits per heavy atom. The number of amides is 2. The molecule has 0 bridgehead atoms. The first kappa shape index (κ1) is 16.1. The molecule has 1 aliphatic rings. The zero-order chi connectivity index (χ0) is 14.3. The zero-order valence-corrected chi connectivity index (χ0v) is 12.5. The van der Waals surface area contributed by atoms with Crippen molar-refractivity contribution in [1.29, 1.82) is 0 Å². The van der Waals surface area contributed by atoms with Crippen LogP contribution in [0.15, 0.2) is 0 Å². The van der Waals surface area contributed by atoms with Gasteiger partial charge in [0.2, 0.25) is 0 Å². The van der Waals surface area contributed by atoms with Gasteiger partial charge in [0.15, 0.2) is 0 Å². The Morgan fingerprint density at radius 2 is 2.16 bits per heavy atom. The Balaban J connectivity index is 2.45. The average molecular weight is 288 g/mol. The first-order chi connectivity index (χ1) is 9.08. The maximum Gasteiger partial charge on any atom is 0.326 e. The van der Waals surface area contributed by atoms with Crippen LogP contribution in [0, 0.1) is 5.92 Å². The number of thioether (sulfide) groups is 1. The lowest BCUT2D eigenvalue weighted by molar-refractivity contribution is -0.139. The van der Waals surface area contributed by atoms with Crippen molar-refractivity contribution >= 4 is 23.8 Å². The number of carbonyl (C=O) groups is 2. The number of carboxylic acid groups (broad SMARTS) is 1. The molecular weight excluding hydrogens is 264 g/mol. The van der Waals surface area contributed by atoms with Crippen molar-refractivity contribution in [2.75, 3.05) is 25.1 Å². The molecule has 5 nitrogen and oxygen atoms in total. The molecule has 0 radical (unpaired) electrons. The van der Waals surface area contributed by atoms with E-state index in [0.717, 1.165) is 12.3 Å². The SMILES string of the molecule is CCN(CC1CCC1)C(=O)N[C@H](CCSC)C(=O)O. The maximum absolute atomic E-state index is 12.1. The molecule has 0 aromatic heterocycles. The number of carboxylic acids is 1. The molecule has 6 heteroatoms. The minimum Gasteiger partial charge on any atom is -0.480 e. The summed E-state index contributed by atoms with van der Waals surface area (Å²) in [5.74, 6) is 0.369. The van der Waals surface area contributed by atoms with E-state index in [1.807, 2.05) is 13.2 Å². The normalized spacial score (nSPS) is 16.5. The monoisotopic (exact) mass is 288 g/mol. The van der Waals surface area contributed by atoms with Crippen LogP contribution in [0.3, 0.4) is 0 Å². The van der Waals surface area contributed by atoms with E-state index in [4.69, 9.17) is 5.11 Å². The van der Waals surface area contributed by atoms with Gasteiger partial charge in [0, 0.05) is 13.1 Å². The van der Waals surface area contributed by atoms with E-state index < -0.39 is 12.0 Å². The second-order valence-electron chi connectivity index (χ2n) is 4.96. The van der Waals surface area contributed by atoms with Gasteiger partial charge in [-0.05, 0) is 44.1 Å². The van der Waals surface area contributed by atoms with Crippen molar-refractivity contribution in [2.45, 2.75) is 38.6 Å². The molecule has 1 saturated carbocycles. The minimum absolute atomic E-state index is 0.247. The van der Waals surface area contributed by atoms with E-state index in [2.05, 4.69) is 5.32 Å². The average Bonchev–Trinajstić information content (AvgIpc) is 2.32. The third-order valence-electron chi connectivity index (χ3n) is 3.58. The van der Waals surface area contributed by atoms with Gasteiger partial charge in [-0.15, -0.1) is 0 Å². The van der Waals surface area contributed by atoms with Crippen LogP contribution in [0.4, 0.5) is 4.79 Å². The first-order valence-corrected chi connectivity index (χ1v) is 8.25. The highest BCUT2D eigenvalue weighted by Gasteiger charge is 2.25. The van der Waals surface area contributed by atoms with Crippen LogP contribution < -0.4 is 5.32 Å². The van der Waals surface area contributed by atoms with E-state index >= 15 is 0 Å². The van der Waals surface area contributed by atoms with Gasteiger partial charge in [-0.3, -0.25) is 0 Å². The molecule has 0 aromatic carbocycles. The van der Waals surface area contributed by atoms with Crippen LogP contribution in [0.5, 0.6) is 0 Å². The van der Waals surface area contributed by atoms with Crippen LogP contribution in [0.25, 0.3) is 0 Å². The lowest BCUT2D eigenvalue weighted by Gasteiger charge is -2.32. The minimum atomic E-state index is -0.956. The molecular formula is C13H24N2O3S. The van der Waals surface area contributed by atoms with Crippen LogP contribution in [-0.2, 0) is 4.79 Å². The molecule has 1 atom stereocenters. The number of hydrogen-bond donors (Lipinski definition) is 2. The van der Waals surface area contributed by atoms with Crippen molar-refractivity contribution in [3.8, 4) is 0 Å². The Kier molecular flexibility index (Phi) is 7.05. The molecule has 110 valence electrons. The number of rotatable bonds is 8. The molecule has 0 spiro atoms. The summed E-state index contributed by atoms with van der Waals surface area (Å²) in [5, 5.41) is 11.7. The molecule has 0 heterocycles. The van der Waals surface area contributed by atoms with Gasteiger partial charge < -0.3 is 15.3 Å². The van der Waals surface area contributed by atoms with Crippen molar-refractivity contribution in [3.05, 3.63) is 0 Å². The Bertz CT molecular complexity index is 308. The summed E-state index contributed by atoms with van der Waals surface area (Å²) in [7, 11) is 0. The van der Waals surface area contributed by atoms with Gasteiger partial charge in [0.05, 0.1) is 0 Å². The van der Waals surface area contributed by atoms with Gasteiger partial charge in [-0.1, -0.05) is 6.42 Å². The Labute approximate surface area is 119 Å². The predicted molar refractivity (Wildman–Crippen MR) is 77.5 cm³/mol. The lowest BCUT2D eigenvalue weighted by atomic mass is 9.85. The molecule has 1 fully saturated rings. The quantitative estimate of drug-likeness (QED) is 0.717. The van der Waals surface area contributed by atoms with Crippen molar-refractivity contribution in [2.24, 2.45) is 5.92 Å². The Hall–Kier alpha value is -0.910. The summed E-state index contributed by atoms with van der Waals surface area (Å²) >= 11 is 1.58. The maximum atomic E-state index is 12.1. The third-order valence-corrected chi connectivity index (χ3v) is 4.22. The summed E-state index contributed by atoms with van der Waals surface area (Å²) in [6, 6.07) is -1.03. The topological polar surface area (TPSA) is 69.6 Å². The van der Waals surface area contributed by atoms with Crippen molar-refractivity contribution in [1.82, 2.24) is 10.2 Å². The number of aliphatic carboxylic acids is 1. The standard InChI is InChI=1S/C13H24N2O3S/c1-3-15(9-10-5-4-6-10)13(18)14-11(12(16)17)7-8-19-2/h10-11H,3-9H2,1-2H3,(H,14,18)(H,16,17)/t11-/m1/s1. The molecule has 2 amide bonds. The first-order valence-electron chi connectivity index (χ1n) is 6.85. The number of carbonyl (C=O) groups excluding carboxylic acids is 1. The molecule has 1 aliphatic carbocycles. The van der Waals surface area contributed by atoms with Gasteiger partial charge in [0.1, 0.15) is 6.04 Å². The smallest absolute Gasteiger partial charge is 0.326 e. The van der Waals surface area contributed by atoms with Crippen LogP contribution in [0.2, 0.25) is 0 Å². The largest absolute Gasteiger partial charge is 0.480 e. The third kappa shape index (κ3) is 5.30. The second-order valence-corrected chi connectivity index (χ2v) is 5.94. The van der Waals surface area contributed by atoms with E-state index in [1.165, 1.54) is 19.3 Å². The lowest BCUT2D eigenvalue weighted by Crippen LogP contribution is -2.49. The summed E-state index contributed by atoms with van der Waals surface area (Å²) in [4.78, 5) is 24.9. The molecule has 0 aliphatic heterocycles. The Morgan fingerprint density at radius 1 is 1.47 bits per heavy atom. The molecule has 19 heavy (non-hydrogen) atoms. The summed E-state index contributed by atoms with van der Waals surface area (Å²) in [6.07, 6.45) is 5.99. The van der Waals surface area contributed by atoms with Gasteiger partial charge in [-0.2, -0.15) is 11.8 Å². The van der Waals surface area contributed by atoms with Gasteiger partial charge in [-0.25, -0.2) is 9.59 Å². The van der Waals surface area contributed by atoms with Gasteiger partial charge >= 0.3 is 12.0 Å². The summed E-state index contributed by atoms with van der Waals surface area (Å²) in [6.45, 7) is 3.30. The molecule has 2 N–H and O–H groups in total. The highest BCUT2D eigenvalue weighted by molar-refractivity contribution is 7.98. The van der Waals surface area contributed by atoms with E-state index in [0.29, 0.717) is 18.9 Å². The fraction of sp³-hybridized carbons (Fsp3) is 0.846.